The van der Waals surface area contributed by atoms with E-state index in [-0.39, 0.29) is 18.6 Å². The van der Waals surface area contributed by atoms with Crippen molar-refractivity contribution in [2.24, 2.45) is 0 Å². The van der Waals surface area contributed by atoms with Crippen LogP contribution < -0.4 is 14.8 Å². The number of nitrogens with one attached hydrogen (secondary N) is 1. The Morgan fingerprint density at radius 3 is 2.70 bits per heavy atom. The van der Waals surface area contributed by atoms with Crippen molar-refractivity contribution in [3.63, 3.8) is 0 Å². The van der Waals surface area contributed by atoms with Crippen molar-refractivity contribution in [1.82, 2.24) is 5.32 Å². The molecule has 0 bridgehead atoms. The molecule has 0 aromatic heterocycles. The minimum Gasteiger partial charge on any atom is -0.493 e. The van der Waals surface area contributed by atoms with Gasteiger partial charge >= 0.3 is 0 Å². The summed E-state index contributed by atoms with van der Waals surface area (Å²) in [6.07, 6.45) is 0.770. The molecule has 2 aromatic rings. The molecule has 1 amide bonds. The zero-order chi connectivity index (χ0) is 16.2. The van der Waals surface area contributed by atoms with Crippen LogP contribution in [0.5, 0.6) is 11.5 Å². The highest BCUT2D eigenvalue weighted by Gasteiger charge is 2.22. The Morgan fingerprint density at radius 2 is 1.91 bits per heavy atom. The van der Waals surface area contributed by atoms with E-state index in [2.05, 4.69) is 5.32 Å². The summed E-state index contributed by atoms with van der Waals surface area (Å²) in [6.45, 7) is 4.59. The second-order valence-electron chi connectivity index (χ2n) is 5.80. The van der Waals surface area contributed by atoms with Crippen LogP contribution in [-0.2, 0) is 4.79 Å². The van der Waals surface area contributed by atoms with Crippen LogP contribution in [0, 0.1) is 13.8 Å². The molecule has 0 saturated carbocycles. The van der Waals surface area contributed by atoms with E-state index >= 15 is 0 Å². The van der Waals surface area contributed by atoms with E-state index in [4.69, 9.17) is 9.47 Å². The molecular weight excluding hydrogens is 290 g/mol. The number of hydrogen-bond acceptors (Lipinski definition) is 3. The van der Waals surface area contributed by atoms with Crippen molar-refractivity contribution in [2.75, 3.05) is 13.2 Å². The van der Waals surface area contributed by atoms with E-state index in [1.165, 1.54) is 0 Å². The molecule has 1 N–H and O–H groups in total. The van der Waals surface area contributed by atoms with Gasteiger partial charge in [-0.05, 0) is 31.0 Å². The van der Waals surface area contributed by atoms with Gasteiger partial charge < -0.3 is 14.8 Å². The second kappa shape index (κ2) is 6.73. The number of ether oxygens (including phenoxy) is 2. The van der Waals surface area contributed by atoms with Gasteiger partial charge in [0.1, 0.15) is 11.5 Å². The van der Waals surface area contributed by atoms with Crippen LogP contribution in [0.15, 0.2) is 42.5 Å². The number of hydrogen-bond donors (Lipinski definition) is 1. The Bertz CT molecular complexity index is 691. The molecule has 0 fully saturated rings. The van der Waals surface area contributed by atoms with Crippen molar-refractivity contribution >= 4 is 5.91 Å². The summed E-state index contributed by atoms with van der Waals surface area (Å²) in [5.74, 6) is 1.52. The Morgan fingerprint density at radius 1 is 1.17 bits per heavy atom. The highest BCUT2D eigenvalue weighted by molar-refractivity contribution is 5.78. The van der Waals surface area contributed by atoms with Gasteiger partial charge in [-0.25, -0.2) is 0 Å². The van der Waals surface area contributed by atoms with Crippen LogP contribution in [0.25, 0.3) is 0 Å². The summed E-state index contributed by atoms with van der Waals surface area (Å²) >= 11 is 0. The van der Waals surface area contributed by atoms with Crippen LogP contribution in [-0.4, -0.2) is 19.1 Å². The molecule has 1 unspecified atom stereocenters. The fourth-order valence-electron chi connectivity index (χ4n) is 2.89. The van der Waals surface area contributed by atoms with Crippen LogP contribution in [0.3, 0.4) is 0 Å². The monoisotopic (exact) mass is 311 g/mol. The minimum atomic E-state index is -0.116. The standard InChI is InChI=1S/C19H21NO3/c1-13-6-5-7-14(2)19(13)23-12-18(21)20-16-10-11-22-17-9-4-3-8-15(16)17/h3-9,16H,10-12H2,1-2H3,(H,20,21). The number of rotatable bonds is 4. The van der Waals surface area contributed by atoms with Crippen molar-refractivity contribution < 1.29 is 14.3 Å². The number of para-hydroxylation sites is 2. The predicted octanol–water partition coefficient (Wildman–Crippen LogP) is 3.32. The van der Waals surface area contributed by atoms with E-state index in [0.29, 0.717) is 6.61 Å². The number of benzene rings is 2. The van der Waals surface area contributed by atoms with E-state index in [1.807, 2.05) is 56.3 Å². The lowest BCUT2D eigenvalue weighted by Crippen LogP contribution is -2.35. The third-order valence-corrected chi connectivity index (χ3v) is 4.05. The summed E-state index contributed by atoms with van der Waals surface area (Å²) in [4.78, 5) is 12.2. The van der Waals surface area contributed by atoms with Gasteiger partial charge in [0.15, 0.2) is 6.61 Å². The molecule has 4 nitrogen and oxygen atoms in total. The molecule has 4 heteroatoms. The van der Waals surface area contributed by atoms with Gasteiger partial charge in [0, 0.05) is 12.0 Å². The summed E-state index contributed by atoms with van der Waals surface area (Å²) < 4.78 is 11.3. The quantitative estimate of drug-likeness (QED) is 0.942. The normalized spacial score (nSPS) is 16.2. The molecule has 1 atom stereocenters. The number of aryl methyl sites for hydroxylation is 2. The molecule has 2 aromatic carbocycles. The summed E-state index contributed by atoms with van der Waals surface area (Å²) in [6, 6.07) is 13.7. The lowest BCUT2D eigenvalue weighted by atomic mass is 10.0. The molecule has 1 aliphatic rings. The van der Waals surface area contributed by atoms with Crippen molar-refractivity contribution in [3.05, 3.63) is 59.2 Å². The molecule has 0 radical (unpaired) electrons. The largest absolute Gasteiger partial charge is 0.493 e. The van der Waals surface area contributed by atoms with Crippen LogP contribution >= 0.6 is 0 Å². The summed E-state index contributed by atoms with van der Waals surface area (Å²) in [5, 5.41) is 3.04. The van der Waals surface area contributed by atoms with Gasteiger partial charge in [0.2, 0.25) is 0 Å². The van der Waals surface area contributed by atoms with Crippen molar-refractivity contribution in [1.29, 1.82) is 0 Å². The average Bonchev–Trinajstić information content (AvgIpc) is 2.55. The third kappa shape index (κ3) is 3.47. The molecule has 23 heavy (non-hydrogen) atoms. The fraction of sp³-hybridized carbons (Fsp3) is 0.316. The molecule has 120 valence electrons. The third-order valence-electron chi connectivity index (χ3n) is 4.05. The zero-order valence-corrected chi connectivity index (χ0v) is 13.5. The first-order valence-corrected chi connectivity index (χ1v) is 7.85. The van der Waals surface area contributed by atoms with Gasteiger partial charge in [0.25, 0.3) is 5.91 Å². The van der Waals surface area contributed by atoms with E-state index < -0.39 is 0 Å². The molecule has 1 heterocycles. The summed E-state index contributed by atoms with van der Waals surface area (Å²) in [7, 11) is 0. The maximum atomic E-state index is 12.2. The Labute approximate surface area is 136 Å². The van der Waals surface area contributed by atoms with E-state index in [9.17, 15) is 4.79 Å². The van der Waals surface area contributed by atoms with Gasteiger partial charge in [0.05, 0.1) is 12.6 Å². The average molecular weight is 311 g/mol. The topological polar surface area (TPSA) is 47.6 Å². The highest BCUT2D eigenvalue weighted by atomic mass is 16.5. The molecule has 0 saturated heterocycles. The van der Waals surface area contributed by atoms with Crippen LogP contribution in [0.4, 0.5) is 0 Å². The Balaban J connectivity index is 1.63. The van der Waals surface area contributed by atoms with Gasteiger partial charge in [-0.15, -0.1) is 0 Å². The minimum absolute atomic E-state index is 0.0191. The maximum Gasteiger partial charge on any atom is 0.258 e. The Hall–Kier alpha value is -2.49. The molecule has 0 spiro atoms. The van der Waals surface area contributed by atoms with Gasteiger partial charge in [-0.3, -0.25) is 4.79 Å². The van der Waals surface area contributed by atoms with Gasteiger partial charge in [-0.2, -0.15) is 0 Å². The summed E-state index contributed by atoms with van der Waals surface area (Å²) in [5.41, 5.74) is 3.10. The molecular formula is C19H21NO3. The van der Waals surface area contributed by atoms with Crippen molar-refractivity contribution in [3.8, 4) is 11.5 Å². The van der Waals surface area contributed by atoms with Crippen molar-refractivity contribution in [2.45, 2.75) is 26.3 Å². The fourth-order valence-corrected chi connectivity index (χ4v) is 2.89. The smallest absolute Gasteiger partial charge is 0.258 e. The van der Waals surface area contributed by atoms with E-state index in [1.54, 1.807) is 0 Å². The molecule has 1 aliphatic heterocycles. The maximum absolute atomic E-state index is 12.2. The lowest BCUT2D eigenvalue weighted by molar-refractivity contribution is -0.124. The second-order valence-corrected chi connectivity index (χ2v) is 5.80. The number of carbonyl (C=O) groups excluding carboxylic acids is 1. The first-order chi connectivity index (χ1) is 11.1. The first-order valence-electron chi connectivity index (χ1n) is 7.85. The first kappa shape index (κ1) is 15.4. The van der Waals surface area contributed by atoms with Crippen LogP contribution in [0.2, 0.25) is 0 Å². The predicted molar refractivity (Wildman–Crippen MR) is 88.8 cm³/mol. The highest BCUT2D eigenvalue weighted by Crippen LogP contribution is 2.31. The Kier molecular flexibility index (Phi) is 4.51. The SMILES string of the molecule is Cc1cccc(C)c1OCC(=O)NC1CCOc2ccccc21. The molecule has 3 rings (SSSR count). The lowest BCUT2D eigenvalue weighted by Gasteiger charge is -2.26. The van der Waals surface area contributed by atoms with Gasteiger partial charge in [-0.1, -0.05) is 36.4 Å². The zero-order valence-electron chi connectivity index (χ0n) is 13.5. The number of amides is 1. The van der Waals surface area contributed by atoms with Crippen LogP contribution in [0.1, 0.15) is 29.2 Å². The molecule has 0 aliphatic carbocycles. The number of fused-ring (bicyclic) bond motifs is 1. The number of carbonyl (C=O) groups is 1. The van der Waals surface area contributed by atoms with E-state index in [0.717, 1.165) is 34.6 Å².